The fraction of sp³-hybridized carbons (Fsp3) is 0.300. The molecule has 2 rings (SSSR count). The maximum atomic E-state index is 12.7. The fourth-order valence-corrected chi connectivity index (χ4v) is 3.35. The monoisotopic (exact) mass is 382 g/mol. The Balaban J connectivity index is 2.16. The predicted octanol–water partition coefficient (Wildman–Crippen LogP) is 3.68. The molecule has 0 fully saturated rings. The van der Waals surface area contributed by atoms with Crippen LogP contribution in [0.3, 0.4) is 0 Å². The zero-order valence-electron chi connectivity index (χ0n) is 15.5. The fourth-order valence-electron chi connectivity index (χ4n) is 2.35. The van der Waals surface area contributed by atoms with Crippen molar-refractivity contribution in [3.05, 3.63) is 53.2 Å². The molecule has 0 aliphatic rings. The van der Waals surface area contributed by atoms with E-state index in [2.05, 4.69) is 16.4 Å². The Morgan fingerprint density at radius 2 is 1.89 bits per heavy atom. The number of nitrogens with two attached hydrogens (primary N) is 1. The molecule has 1 heterocycles. The molecule has 3 N–H and O–H groups in total. The number of rotatable bonds is 7. The Morgan fingerprint density at radius 3 is 2.41 bits per heavy atom. The van der Waals surface area contributed by atoms with E-state index in [1.165, 1.54) is 11.8 Å². The first-order chi connectivity index (χ1) is 12.8. The van der Waals surface area contributed by atoms with Gasteiger partial charge in [0, 0.05) is 16.9 Å². The standard InChI is InChI=1S/C20H22N4O2S/c1-4-17(19(26)23-15-8-5-13(6-9-15)18(22)25)27-20-14(11-21)7-10-16(24-20)12(2)3/h5-10,12,17H,4H2,1-3H3,(H2,22,25)(H,23,26). The highest BCUT2D eigenvalue weighted by Gasteiger charge is 2.21. The van der Waals surface area contributed by atoms with E-state index < -0.39 is 11.2 Å². The highest BCUT2D eigenvalue weighted by molar-refractivity contribution is 8.00. The number of hydrogen-bond acceptors (Lipinski definition) is 5. The van der Waals surface area contributed by atoms with Crippen LogP contribution in [0.2, 0.25) is 0 Å². The molecule has 0 aliphatic heterocycles. The molecule has 1 atom stereocenters. The van der Waals surface area contributed by atoms with Crippen LogP contribution in [0.5, 0.6) is 0 Å². The molecule has 2 amide bonds. The number of nitriles is 1. The Labute approximate surface area is 163 Å². The van der Waals surface area contributed by atoms with Crippen molar-refractivity contribution in [3.8, 4) is 6.07 Å². The number of hydrogen-bond donors (Lipinski definition) is 2. The van der Waals surface area contributed by atoms with E-state index >= 15 is 0 Å². The third kappa shape index (κ3) is 5.31. The molecule has 0 spiro atoms. The Hall–Kier alpha value is -2.85. The smallest absolute Gasteiger partial charge is 0.248 e. The van der Waals surface area contributed by atoms with Gasteiger partial charge < -0.3 is 11.1 Å². The van der Waals surface area contributed by atoms with Crippen molar-refractivity contribution < 1.29 is 9.59 Å². The minimum Gasteiger partial charge on any atom is -0.366 e. The van der Waals surface area contributed by atoms with Gasteiger partial charge in [0.25, 0.3) is 0 Å². The SMILES string of the molecule is CCC(Sc1nc(C(C)C)ccc1C#N)C(=O)Nc1ccc(C(N)=O)cc1. The second-order valence-corrected chi connectivity index (χ2v) is 7.49. The van der Waals surface area contributed by atoms with Crippen LogP contribution in [0, 0.1) is 11.3 Å². The normalized spacial score (nSPS) is 11.7. The maximum absolute atomic E-state index is 12.7. The number of pyridine rings is 1. The van der Waals surface area contributed by atoms with Gasteiger partial charge in [0.05, 0.1) is 10.8 Å². The number of aromatic nitrogens is 1. The van der Waals surface area contributed by atoms with Crippen molar-refractivity contribution in [2.45, 2.75) is 43.4 Å². The summed E-state index contributed by atoms with van der Waals surface area (Å²) in [6.45, 7) is 5.97. The van der Waals surface area contributed by atoms with Gasteiger partial charge >= 0.3 is 0 Å². The third-order valence-electron chi connectivity index (χ3n) is 3.95. The summed E-state index contributed by atoms with van der Waals surface area (Å²) >= 11 is 1.29. The highest BCUT2D eigenvalue weighted by atomic mass is 32.2. The molecule has 2 aromatic rings. The quantitative estimate of drug-likeness (QED) is 0.710. The van der Waals surface area contributed by atoms with E-state index in [1.807, 2.05) is 26.8 Å². The van der Waals surface area contributed by atoms with Gasteiger partial charge in [-0.25, -0.2) is 4.98 Å². The molecule has 1 aromatic carbocycles. The first kappa shape index (κ1) is 20.5. The summed E-state index contributed by atoms with van der Waals surface area (Å²) < 4.78 is 0. The molecule has 140 valence electrons. The third-order valence-corrected chi connectivity index (χ3v) is 5.31. The number of primary amides is 1. The molecule has 7 heteroatoms. The van der Waals surface area contributed by atoms with E-state index in [1.54, 1.807) is 30.3 Å². The van der Waals surface area contributed by atoms with Crippen LogP contribution in [-0.2, 0) is 4.79 Å². The molecule has 27 heavy (non-hydrogen) atoms. The lowest BCUT2D eigenvalue weighted by Crippen LogP contribution is -2.25. The molecule has 1 unspecified atom stereocenters. The number of anilines is 1. The summed E-state index contributed by atoms with van der Waals surface area (Å²) in [5, 5.41) is 12.3. The summed E-state index contributed by atoms with van der Waals surface area (Å²) in [5.41, 5.74) is 7.52. The van der Waals surface area contributed by atoms with E-state index in [9.17, 15) is 14.9 Å². The van der Waals surface area contributed by atoms with Gasteiger partial charge in [0.2, 0.25) is 11.8 Å². The van der Waals surface area contributed by atoms with Crippen molar-refractivity contribution in [2.24, 2.45) is 5.73 Å². The summed E-state index contributed by atoms with van der Waals surface area (Å²) in [6, 6.07) is 12.1. The lowest BCUT2D eigenvalue weighted by molar-refractivity contribution is -0.115. The number of benzene rings is 1. The lowest BCUT2D eigenvalue weighted by atomic mass is 10.1. The molecule has 1 aromatic heterocycles. The van der Waals surface area contributed by atoms with Crippen LogP contribution < -0.4 is 11.1 Å². The number of nitrogens with one attached hydrogen (secondary N) is 1. The molecular weight excluding hydrogens is 360 g/mol. The van der Waals surface area contributed by atoms with E-state index in [0.29, 0.717) is 28.3 Å². The van der Waals surface area contributed by atoms with Crippen LogP contribution in [0.15, 0.2) is 41.4 Å². The average molecular weight is 382 g/mol. The Morgan fingerprint density at radius 1 is 1.22 bits per heavy atom. The number of amides is 2. The van der Waals surface area contributed by atoms with E-state index in [-0.39, 0.29) is 11.8 Å². The van der Waals surface area contributed by atoms with E-state index in [4.69, 9.17) is 5.73 Å². The molecule has 0 saturated heterocycles. The van der Waals surface area contributed by atoms with Crippen LogP contribution in [0.1, 0.15) is 54.7 Å². The average Bonchev–Trinajstić information content (AvgIpc) is 2.66. The van der Waals surface area contributed by atoms with Crippen molar-refractivity contribution in [1.29, 1.82) is 5.26 Å². The number of nitrogens with zero attached hydrogens (tertiary/aromatic N) is 2. The van der Waals surface area contributed by atoms with Gasteiger partial charge in [-0.2, -0.15) is 5.26 Å². The van der Waals surface area contributed by atoms with Crippen LogP contribution in [0.25, 0.3) is 0 Å². The molecular formula is C20H22N4O2S. The molecule has 0 saturated carbocycles. The number of carbonyl (C=O) groups excluding carboxylic acids is 2. The zero-order chi connectivity index (χ0) is 20.0. The second-order valence-electron chi connectivity index (χ2n) is 6.30. The topological polar surface area (TPSA) is 109 Å². The van der Waals surface area contributed by atoms with Crippen molar-refractivity contribution in [2.75, 3.05) is 5.32 Å². The van der Waals surface area contributed by atoms with Crippen LogP contribution in [0.4, 0.5) is 5.69 Å². The number of thioether (sulfide) groups is 1. The molecule has 6 nitrogen and oxygen atoms in total. The lowest BCUT2D eigenvalue weighted by Gasteiger charge is -2.16. The first-order valence-corrected chi connectivity index (χ1v) is 9.52. The minimum absolute atomic E-state index is 0.185. The van der Waals surface area contributed by atoms with Crippen LogP contribution in [-0.4, -0.2) is 22.0 Å². The molecule has 0 aliphatic carbocycles. The predicted molar refractivity (Wildman–Crippen MR) is 107 cm³/mol. The van der Waals surface area contributed by atoms with Gasteiger partial charge in [-0.3, -0.25) is 9.59 Å². The highest BCUT2D eigenvalue weighted by Crippen LogP contribution is 2.29. The van der Waals surface area contributed by atoms with E-state index in [0.717, 1.165) is 5.69 Å². The second kappa shape index (κ2) is 9.19. The molecule has 0 radical (unpaired) electrons. The number of carbonyl (C=O) groups is 2. The summed E-state index contributed by atoms with van der Waals surface area (Å²) in [7, 11) is 0. The summed E-state index contributed by atoms with van der Waals surface area (Å²) in [5.74, 6) is -0.472. The van der Waals surface area contributed by atoms with Gasteiger partial charge in [0.1, 0.15) is 11.1 Å². The molecule has 0 bridgehead atoms. The first-order valence-electron chi connectivity index (χ1n) is 8.64. The van der Waals surface area contributed by atoms with Gasteiger partial charge in [0.15, 0.2) is 0 Å². The maximum Gasteiger partial charge on any atom is 0.248 e. The Bertz CT molecular complexity index is 873. The summed E-state index contributed by atoms with van der Waals surface area (Å²) in [6.07, 6.45) is 0.578. The Kier molecular flexibility index (Phi) is 6.97. The minimum atomic E-state index is -0.519. The van der Waals surface area contributed by atoms with Crippen molar-refractivity contribution >= 4 is 29.3 Å². The van der Waals surface area contributed by atoms with Crippen molar-refractivity contribution in [3.63, 3.8) is 0 Å². The van der Waals surface area contributed by atoms with Gasteiger partial charge in [-0.15, -0.1) is 0 Å². The van der Waals surface area contributed by atoms with Gasteiger partial charge in [-0.05, 0) is 48.7 Å². The van der Waals surface area contributed by atoms with Gasteiger partial charge in [-0.1, -0.05) is 32.5 Å². The zero-order valence-corrected chi connectivity index (χ0v) is 16.3. The summed E-state index contributed by atoms with van der Waals surface area (Å²) in [4.78, 5) is 28.3. The largest absolute Gasteiger partial charge is 0.366 e. The van der Waals surface area contributed by atoms with Crippen LogP contribution >= 0.6 is 11.8 Å². The van der Waals surface area contributed by atoms with Crippen molar-refractivity contribution in [1.82, 2.24) is 4.98 Å².